The summed E-state index contributed by atoms with van der Waals surface area (Å²) in [6, 6.07) is 11.1. The van der Waals surface area contributed by atoms with Crippen molar-refractivity contribution < 1.29 is 48.9 Å². The number of Topliss-reactive ketones (excluding diaryl/α,β-unsaturated/α-hetero) is 1. The molecule has 0 spiro atoms. The molecule has 266 valence electrons. The minimum atomic E-state index is -1.75. The van der Waals surface area contributed by atoms with E-state index >= 15 is 0 Å². The summed E-state index contributed by atoms with van der Waals surface area (Å²) >= 11 is 2.39. The van der Waals surface area contributed by atoms with Crippen molar-refractivity contribution in [2.45, 2.75) is 50.9 Å². The van der Waals surface area contributed by atoms with E-state index in [0.29, 0.717) is 10.1 Å². The topological polar surface area (TPSA) is 213 Å². The van der Waals surface area contributed by atoms with Crippen molar-refractivity contribution in [3.8, 4) is 11.5 Å². The maximum atomic E-state index is 13.4. The number of aromatic nitrogens is 1. The maximum Gasteiger partial charge on any atom is 0.352 e. The van der Waals surface area contributed by atoms with Crippen LogP contribution in [0.2, 0.25) is 0 Å². The van der Waals surface area contributed by atoms with Crippen LogP contribution in [-0.2, 0) is 43.7 Å². The molecule has 1 aromatic heterocycles. The van der Waals surface area contributed by atoms with Crippen LogP contribution in [0, 0.1) is 5.92 Å². The van der Waals surface area contributed by atoms with E-state index in [0.717, 1.165) is 53.2 Å². The highest BCUT2D eigenvalue weighted by atomic mass is 32.2. The van der Waals surface area contributed by atoms with Gasteiger partial charge in [0.1, 0.15) is 31.0 Å². The lowest BCUT2D eigenvalue weighted by Gasteiger charge is -2.49. The van der Waals surface area contributed by atoms with E-state index in [-0.39, 0.29) is 45.9 Å². The summed E-state index contributed by atoms with van der Waals surface area (Å²) in [5.41, 5.74) is 8.04. The van der Waals surface area contributed by atoms with Crippen LogP contribution in [0.15, 0.2) is 64.3 Å². The third kappa shape index (κ3) is 7.20. The van der Waals surface area contributed by atoms with Crippen molar-refractivity contribution >= 4 is 63.6 Å². The van der Waals surface area contributed by atoms with Crippen molar-refractivity contribution in [2.75, 3.05) is 18.5 Å². The number of quaternary nitrogens is 1. The van der Waals surface area contributed by atoms with Gasteiger partial charge in [-0.1, -0.05) is 41.6 Å². The number of thiazole rings is 1. The standard InChI is InChI=1S/C35H35N5O9S2/c1-35(2,33(47)48)49-38-28(24-17-51-34(36)37-24)27(43)12-23-30(44)39-29(32(45)46)20(16-50-31(23)39)9-8-18-4-6-19(7-5-18)13-40(3)14-21-10-25(41)26(42)11-22(21)15-40/h4-11,17,23,31H,12-16H2,1-3H3,(H5-,36,37,38,41,42,43,45,46,47,48)/p+1/t23-,31-/m1/s1. The van der Waals surface area contributed by atoms with Crippen molar-refractivity contribution in [3.63, 3.8) is 0 Å². The number of thioether (sulfide) groups is 1. The van der Waals surface area contributed by atoms with Gasteiger partial charge >= 0.3 is 11.9 Å². The number of nitrogen functional groups attached to an aromatic ring is 1. The summed E-state index contributed by atoms with van der Waals surface area (Å²) in [6.45, 7) is 4.69. The number of aliphatic carboxylic acids is 2. The molecule has 3 aromatic rings. The average Bonchev–Trinajstić information content (AvgIpc) is 3.64. The predicted octanol–water partition coefficient (Wildman–Crippen LogP) is 3.92. The van der Waals surface area contributed by atoms with Crippen LogP contribution in [0.1, 0.15) is 48.2 Å². The molecule has 0 bridgehead atoms. The molecule has 1 fully saturated rings. The van der Waals surface area contributed by atoms with E-state index < -0.39 is 40.5 Å². The third-order valence-electron chi connectivity index (χ3n) is 9.05. The molecule has 0 unspecified atom stereocenters. The smallest absolute Gasteiger partial charge is 0.352 e. The molecule has 2 aromatic carbocycles. The zero-order valence-electron chi connectivity index (χ0n) is 27.9. The highest BCUT2D eigenvalue weighted by molar-refractivity contribution is 8.00. The molecule has 0 saturated carbocycles. The number of nitrogens with two attached hydrogens (primary N) is 1. The van der Waals surface area contributed by atoms with E-state index in [1.807, 2.05) is 24.3 Å². The van der Waals surface area contributed by atoms with Crippen molar-refractivity contribution in [1.29, 1.82) is 0 Å². The number of carboxylic acids is 2. The molecule has 1 saturated heterocycles. The first-order valence-corrected chi connectivity index (χ1v) is 17.8. The SMILES string of the molecule is CC(C)(O/N=C(\C(=O)C[C@@H]1C(=O)N2C(C(=O)O)=C(C=Cc3ccc(C[N+]4(C)Cc5cc(O)c(O)cc5C4)cc3)CS[C@H]12)c1csc(N)n1)C(=O)O. The first kappa shape index (κ1) is 35.6. The molecular weight excluding hydrogens is 699 g/mol. The van der Waals surface area contributed by atoms with Crippen LogP contribution < -0.4 is 5.73 Å². The van der Waals surface area contributed by atoms with Gasteiger partial charge in [0, 0.05) is 34.2 Å². The number of ketones is 1. The molecule has 0 radical (unpaired) electrons. The number of carbonyl (C=O) groups is 4. The van der Waals surface area contributed by atoms with Crippen molar-refractivity contribution in [2.24, 2.45) is 11.1 Å². The van der Waals surface area contributed by atoms with E-state index in [9.17, 15) is 39.6 Å². The third-order valence-corrected chi connectivity index (χ3v) is 11.1. The fraction of sp³-hybridized carbons (Fsp3) is 0.314. The molecule has 51 heavy (non-hydrogen) atoms. The minimum absolute atomic E-state index is 0.0786. The number of hydrogen-bond acceptors (Lipinski definition) is 12. The number of fused-ring (bicyclic) bond motifs is 2. The van der Waals surface area contributed by atoms with Crippen LogP contribution in [0.3, 0.4) is 0 Å². The lowest BCUT2D eigenvalue weighted by atomic mass is 9.89. The highest BCUT2D eigenvalue weighted by Gasteiger charge is 2.54. The van der Waals surface area contributed by atoms with Crippen LogP contribution in [-0.4, -0.2) is 87.9 Å². The Bertz CT molecular complexity index is 2010. The summed E-state index contributed by atoms with van der Waals surface area (Å²) < 4.78 is 0.682. The number of hydrogen-bond donors (Lipinski definition) is 5. The second kappa shape index (κ2) is 13.5. The summed E-state index contributed by atoms with van der Waals surface area (Å²) in [4.78, 5) is 61.2. The molecule has 14 nitrogen and oxygen atoms in total. The normalized spacial score (nSPS) is 19.9. The van der Waals surface area contributed by atoms with Gasteiger partial charge in [0.25, 0.3) is 0 Å². The summed E-state index contributed by atoms with van der Waals surface area (Å²) in [6.07, 6.45) is 3.17. The fourth-order valence-corrected chi connectivity index (χ4v) is 8.29. The number of carbonyl (C=O) groups excluding carboxylic acids is 2. The quantitative estimate of drug-likeness (QED) is 0.0589. The van der Waals surface area contributed by atoms with Crippen molar-refractivity contribution in [1.82, 2.24) is 9.88 Å². The van der Waals surface area contributed by atoms with Crippen LogP contribution in [0.4, 0.5) is 5.13 Å². The molecule has 6 N–H and O–H groups in total. The van der Waals surface area contributed by atoms with Gasteiger partial charge in [-0.2, -0.15) is 0 Å². The summed E-state index contributed by atoms with van der Waals surface area (Å²) in [7, 11) is 2.12. The summed E-state index contributed by atoms with van der Waals surface area (Å²) in [5, 5.41) is 44.2. The lowest BCUT2D eigenvalue weighted by molar-refractivity contribution is -0.941. The van der Waals surface area contributed by atoms with E-state index in [1.165, 1.54) is 35.9 Å². The molecule has 4 heterocycles. The van der Waals surface area contributed by atoms with Gasteiger partial charge in [-0.3, -0.25) is 14.5 Å². The Hall–Kier alpha value is -5.19. The largest absolute Gasteiger partial charge is 0.504 e. The number of allylic oxidation sites excluding steroid dienone is 1. The number of aromatic hydroxyl groups is 2. The number of phenolic OH excluding ortho intramolecular Hbond substituents is 2. The van der Waals surface area contributed by atoms with Crippen molar-refractivity contribution in [3.05, 3.63) is 87.1 Å². The number of carboxylic acid groups (broad SMARTS) is 2. The minimum Gasteiger partial charge on any atom is -0.504 e. The molecule has 1 amide bonds. The first-order valence-electron chi connectivity index (χ1n) is 15.8. The molecule has 0 aliphatic carbocycles. The van der Waals surface area contributed by atoms with Gasteiger partial charge in [0.15, 0.2) is 28.1 Å². The number of oxime groups is 1. The molecule has 16 heteroatoms. The zero-order chi connectivity index (χ0) is 36.8. The average molecular weight is 735 g/mol. The van der Waals surface area contributed by atoms with Gasteiger partial charge < -0.3 is 35.5 Å². The number of rotatable bonds is 12. The Morgan fingerprint density at radius 1 is 1.10 bits per heavy atom. The Morgan fingerprint density at radius 3 is 2.31 bits per heavy atom. The van der Waals surface area contributed by atoms with E-state index in [4.69, 9.17) is 10.6 Å². The van der Waals surface area contributed by atoms with Gasteiger partial charge in [0.05, 0.1) is 18.3 Å². The van der Waals surface area contributed by atoms with E-state index in [1.54, 1.807) is 24.3 Å². The monoisotopic (exact) mass is 734 g/mol. The van der Waals surface area contributed by atoms with Gasteiger partial charge in [-0.25, -0.2) is 14.6 Å². The summed E-state index contributed by atoms with van der Waals surface area (Å²) in [5.74, 6) is -4.51. The number of phenols is 2. The number of β-lactam (4-membered cyclic amide) rings is 1. The fourth-order valence-electron chi connectivity index (χ4n) is 6.36. The number of amides is 1. The second-order valence-corrected chi connectivity index (χ2v) is 15.5. The molecule has 2 atom stereocenters. The van der Waals surface area contributed by atoms with Gasteiger partial charge in [-0.05, 0) is 37.1 Å². The molecular formula is C35H36N5O9S2+. The second-order valence-electron chi connectivity index (χ2n) is 13.5. The number of nitrogens with zero attached hydrogens (tertiary/aromatic N) is 4. The molecule has 3 aliphatic rings. The number of benzene rings is 2. The Morgan fingerprint density at radius 2 is 1.75 bits per heavy atom. The highest BCUT2D eigenvalue weighted by Crippen LogP contribution is 2.46. The Kier molecular flexibility index (Phi) is 9.43. The molecule has 3 aliphatic heterocycles. The van der Waals surface area contributed by atoms with Crippen LogP contribution in [0.25, 0.3) is 6.08 Å². The van der Waals surface area contributed by atoms with E-state index in [2.05, 4.69) is 17.2 Å². The maximum absolute atomic E-state index is 13.4. The Labute approximate surface area is 300 Å². The van der Waals surface area contributed by atoms with Crippen LogP contribution in [0.5, 0.6) is 11.5 Å². The van der Waals surface area contributed by atoms with Gasteiger partial charge in [-0.15, -0.1) is 23.1 Å². The molecule has 6 rings (SSSR count). The number of anilines is 1. The van der Waals surface area contributed by atoms with Gasteiger partial charge in [0.2, 0.25) is 11.5 Å². The first-order chi connectivity index (χ1) is 24.0. The zero-order valence-corrected chi connectivity index (χ0v) is 29.5. The Balaban J connectivity index is 1.13. The predicted molar refractivity (Wildman–Crippen MR) is 189 cm³/mol. The lowest BCUT2D eigenvalue weighted by Crippen LogP contribution is -2.62. The van der Waals surface area contributed by atoms with Crippen LogP contribution >= 0.6 is 23.1 Å².